The van der Waals surface area contributed by atoms with E-state index >= 15 is 0 Å². The third kappa shape index (κ3) is 13.8. The molecule has 4 aromatic heterocycles. The Kier molecular flexibility index (Phi) is 19.2. The fourth-order valence-electron chi connectivity index (χ4n) is 19.7. The zero-order valence-electron chi connectivity index (χ0n) is 73.0. The van der Waals surface area contributed by atoms with Crippen LogP contribution in [0.5, 0.6) is 0 Å². The first-order valence-corrected chi connectivity index (χ1v) is 47.4. The summed E-state index contributed by atoms with van der Waals surface area (Å²) in [6, 6.07) is 141. The molecule has 2 nitrogen and oxygen atoms in total. The lowest BCUT2D eigenvalue weighted by molar-refractivity contribution is 0.518. The smallest absolute Gasteiger partial charge is 0.0640 e. The normalized spacial score (nSPS) is 12.4. The summed E-state index contributed by atoms with van der Waals surface area (Å²) < 4.78 is 10.3. The van der Waals surface area contributed by atoms with Gasteiger partial charge in [-0.25, -0.2) is 0 Å². The molecule has 0 aliphatic carbocycles. The fourth-order valence-corrected chi connectivity index (χ4v) is 24.6. The van der Waals surface area contributed by atoms with Crippen LogP contribution in [0, 0.1) is 0 Å². The molecule has 0 atom stereocenters. The van der Waals surface area contributed by atoms with Crippen LogP contribution in [-0.2, 0) is 28.1 Å². The van der Waals surface area contributed by atoms with Gasteiger partial charge in [0, 0.05) is 93.8 Å². The lowest BCUT2D eigenvalue weighted by atomic mass is 9.75. The van der Waals surface area contributed by atoms with Gasteiger partial charge >= 0.3 is 0 Å². The molecule has 18 aromatic carbocycles. The van der Waals surface area contributed by atoms with Crippen molar-refractivity contribution in [1.82, 2.24) is 0 Å². The number of hydrogen-bond donors (Lipinski definition) is 0. The number of thiophene rings is 4. The molecule has 0 bridgehead atoms. The van der Waals surface area contributed by atoms with E-state index in [-0.39, 0.29) is 21.7 Å². The van der Waals surface area contributed by atoms with Crippen LogP contribution < -0.4 is 9.80 Å². The van der Waals surface area contributed by atoms with Gasteiger partial charge in [0.05, 0.1) is 32.1 Å². The molecule has 0 saturated heterocycles. The topological polar surface area (TPSA) is 6.48 Å². The van der Waals surface area contributed by atoms with E-state index in [4.69, 9.17) is 0 Å². The minimum Gasteiger partial charge on any atom is -0.308 e. The molecule has 0 N–H and O–H groups in total. The maximum Gasteiger partial charge on any atom is 0.0640 e. The predicted octanol–water partition coefficient (Wildman–Crippen LogP) is 36.8. The molecule has 0 saturated carbocycles. The molecule has 0 amide bonds. The Labute approximate surface area is 754 Å². The number of rotatable bonds is 15. The average molecular weight is 1690 g/mol. The SMILES string of the molecule is CC(C)(C)c1cc(-c2cccc3cccc(-c4ccccc4N(c4cccc(-c5cccc6c5sc5cc(CC(C)(C)c7cc(-c8cccc9cccc(-c%10ccccc%10N(c%10ccc(-c%11cccc%12sc%13ccccc%13c%11%12)cc%10)c%10cccc%11c%10sc%10ccccc%10%11)c89)cc(C(C)(C)C)c7)ccc56)c4)c4cccc5c4sc4ccccc45)c23)cc(C(C)(C)C)c1. The summed E-state index contributed by atoms with van der Waals surface area (Å²) in [6.07, 6.45) is 0.851. The van der Waals surface area contributed by atoms with Crippen molar-refractivity contribution in [2.75, 3.05) is 9.80 Å². The van der Waals surface area contributed by atoms with Crippen molar-refractivity contribution in [2.24, 2.45) is 0 Å². The molecule has 0 spiro atoms. The van der Waals surface area contributed by atoms with Gasteiger partial charge < -0.3 is 9.80 Å². The highest BCUT2D eigenvalue weighted by atomic mass is 32.1. The van der Waals surface area contributed by atoms with Crippen molar-refractivity contribution in [3.05, 3.63) is 398 Å². The summed E-state index contributed by atoms with van der Waals surface area (Å²) >= 11 is 7.56. The van der Waals surface area contributed by atoms with E-state index in [1.54, 1.807) is 0 Å². The molecule has 0 unspecified atom stereocenters. The molecule has 610 valence electrons. The van der Waals surface area contributed by atoms with Gasteiger partial charge in [-0.1, -0.05) is 367 Å². The third-order valence-corrected chi connectivity index (χ3v) is 31.0. The second-order valence-electron chi connectivity index (χ2n) is 38.0. The zero-order chi connectivity index (χ0) is 85.6. The van der Waals surface area contributed by atoms with E-state index in [1.807, 2.05) is 45.3 Å². The Balaban J connectivity index is 0.630. The highest BCUT2D eigenvalue weighted by Crippen LogP contribution is 2.55. The molecule has 4 heterocycles. The summed E-state index contributed by atoms with van der Waals surface area (Å²) in [6.45, 7) is 26.1. The molecular formula is C120H96N2S4. The molecule has 126 heavy (non-hydrogen) atoms. The van der Waals surface area contributed by atoms with Gasteiger partial charge in [0.25, 0.3) is 0 Å². The first-order chi connectivity index (χ1) is 61.1. The average Bonchev–Trinajstić information content (AvgIpc) is 1.07. The highest BCUT2D eigenvalue weighted by molar-refractivity contribution is 7.27. The number of fused-ring (bicyclic) bond motifs is 14. The summed E-state index contributed by atoms with van der Waals surface area (Å²) in [5, 5.41) is 15.2. The predicted molar refractivity (Wildman–Crippen MR) is 554 cm³/mol. The van der Waals surface area contributed by atoms with Crippen molar-refractivity contribution in [2.45, 2.75) is 104 Å². The maximum atomic E-state index is 2.56. The number of para-hydroxylation sites is 2. The van der Waals surface area contributed by atoms with Crippen molar-refractivity contribution in [3.63, 3.8) is 0 Å². The number of hydrogen-bond acceptors (Lipinski definition) is 6. The quantitative estimate of drug-likeness (QED) is 0.101. The standard InChI is InChI=1S/C120H96N2S4/c1-117(2,3)81-66-79(67-82(71-81)118(4,5)6)88-42-23-31-76-33-26-47-97(111(76)88)92-38-13-18-52-103(92)122(105-54-29-50-100-94-40-15-20-56-107(94)125-116(100)105)86-36-22-35-78(70-86)90-45-27-48-98-95-64-59-74(65-110(95)126-114(90)98)73-120(10,11)84-69-80(68-83(72-84)119(7,8)9)89-43-24-32-77-34-25-46-96(112(77)89)91-37-12-17-51-102(91)121(104-53-28-49-99-93-39-14-19-55-106(93)124-115(99)104)85-62-60-75(61-63-85)87-44-30-58-109-113(87)101-41-16-21-57-108(101)123-109/h12-72H,73H2,1-11H3. The largest absolute Gasteiger partial charge is 0.308 e. The van der Waals surface area contributed by atoms with Crippen LogP contribution in [0.4, 0.5) is 34.1 Å². The van der Waals surface area contributed by atoms with Gasteiger partial charge in [0.2, 0.25) is 0 Å². The van der Waals surface area contributed by atoms with Gasteiger partial charge in [-0.05, 0) is 212 Å². The monoisotopic (exact) mass is 1690 g/mol. The molecule has 0 aliphatic heterocycles. The molecule has 6 heteroatoms. The second-order valence-corrected chi connectivity index (χ2v) is 42.3. The second kappa shape index (κ2) is 30.7. The molecule has 0 aliphatic rings. The lowest BCUT2D eigenvalue weighted by Crippen LogP contribution is -2.22. The van der Waals surface area contributed by atoms with Crippen LogP contribution >= 0.6 is 45.3 Å². The molecule has 0 fully saturated rings. The van der Waals surface area contributed by atoms with Crippen LogP contribution in [0.2, 0.25) is 0 Å². The maximum absolute atomic E-state index is 2.56. The van der Waals surface area contributed by atoms with Gasteiger partial charge in [-0.3, -0.25) is 0 Å². The third-order valence-electron chi connectivity index (χ3n) is 26.3. The van der Waals surface area contributed by atoms with E-state index in [9.17, 15) is 0 Å². The molecule has 0 radical (unpaired) electrons. The van der Waals surface area contributed by atoms with E-state index in [2.05, 4.69) is 456 Å². The molecule has 22 aromatic rings. The van der Waals surface area contributed by atoms with E-state index < -0.39 is 0 Å². The number of anilines is 6. The first kappa shape index (κ1) is 78.9. The zero-order valence-corrected chi connectivity index (χ0v) is 76.2. The van der Waals surface area contributed by atoms with Gasteiger partial charge in [-0.15, -0.1) is 45.3 Å². The van der Waals surface area contributed by atoms with Crippen LogP contribution in [0.15, 0.2) is 370 Å². The minimum atomic E-state index is -0.269. The van der Waals surface area contributed by atoms with Gasteiger partial charge in [0.1, 0.15) is 0 Å². The summed E-state index contributed by atoms with van der Waals surface area (Å²) in [5.74, 6) is 0. The van der Waals surface area contributed by atoms with Crippen LogP contribution in [0.1, 0.15) is 104 Å². The Morgan fingerprint density at radius 2 is 0.595 bits per heavy atom. The summed E-state index contributed by atoms with van der Waals surface area (Å²) in [4.78, 5) is 5.10. The van der Waals surface area contributed by atoms with Crippen LogP contribution in [-0.4, -0.2) is 0 Å². The number of nitrogens with zero attached hydrogens (tertiary/aromatic N) is 2. The van der Waals surface area contributed by atoms with E-state index in [0.717, 1.165) is 46.1 Å². The van der Waals surface area contributed by atoms with Gasteiger partial charge in [0.15, 0.2) is 0 Å². The van der Waals surface area contributed by atoms with Crippen molar-refractivity contribution in [3.8, 4) is 66.8 Å². The molecule has 22 rings (SSSR count). The fraction of sp³-hybridized carbons (Fsp3) is 0.133. The highest BCUT2D eigenvalue weighted by Gasteiger charge is 2.31. The van der Waals surface area contributed by atoms with Crippen LogP contribution in [0.3, 0.4) is 0 Å². The Morgan fingerprint density at radius 1 is 0.214 bits per heavy atom. The first-order valence-electron chi connectivity index (χ1n) is 44.1. The lowest BCUT2D eigenvalue weighted by Gasteiger charge is -2.30. The Morgan fingerprint density at radius 3 is 1.14 bits per heavy atom. The van der Waals surface area contributed by atoms with Crippen molar-refractivity contribution in [1.29, 1.82) is 0 Å². The van der Waals surface area contributed by atoms with Crippen molar-refractivity contribution < 1.29 is 0 Å². The van der Waals surface area contributed by atoms with Crippen LogP contribution in [0.25, 0.3) is 169 Å². The van der Waals surface area contributed by atoms with Gasteiger partial charge in [-0.2, -0.15) is 0 Å². The molecular weight excluding hydrogens is 1600 g/mol. The van der Waals surface area contributed by atoms with Crippen molar-refractivity contribution >= 4 is 182 Å². The van der Waals surface area contributed by atoms with E-state index in [0.29, 0.717) is 0 Å². The minimum absolute atomic E-state index is 0.0410. The summed E-state index contributed by atoms with van der Waals surface area (Å²) in [7, 11) is 0. The number of benzene rings is 18. The summed E-state index contributed by atoms with van der Waals surface area (Å²) in [5.41, 5.74) is 27.4. The Bertz CT molecular complexity index is 8070. The Hall–Kier alpha value is -13.0. The van der Waals surface area contributed by atoms with E-state index in [1.165, 1.54) is 191 Å².